The Kier molecular flexibility index (Phi) is 45.3. The molecule has 0 spiro atoms. The average molecular weight is 1940 g/mol. The molecule has 12 aromatic rings. The Bertz CT molecular complexity index is 6020. The number of hydrogen-bond acceptors (Lipinski definition) is 18. The molecular weight excluding hydrogens is 1790 g/mol. The van der Waals surface area contributed by atoms with Crippen molar-refractivity contribution in [1.29, 1.82) is 4.35 Å². The van der Waals surface area contributed by atoms with Crippen molar-refractivity contribution in [1.82, 2.24) is 0 Å². The first-order valence-corrected chi connectivity index (χ1v) is 48.5. The topological polar surface area (TPSA) is 212 Å². The molecule has 4 unspecified atom stereocenters. The zero-order chi connectivity index (χ0) is 104. The number of ether oxygens (including phenoxy) is 5. The molecule has 0 amide bonds. The maximum atomic E-state index is 13.3. The Morgan fingerprint density at radius 2 is 0.490 bits per heavy atom. The summed E-state index contributed by atoms with van der Waals surface area (Å²) in [6.07, 6.45) is 5.55. The van der Waals surface area contributed by atoms with E-state index in [9.17, 15) is 33.9 Å². The predicted octanol–water partition coefficient (Wildman–Crippen LogP) is 25.7. The Morgan fingerprint density at radius 1 is 0.294 bits per heavy atom. The molecule has 0 heterocycles. The molecule has 0 aromatic heterocycles. The third-order valence-corrected chi connectivity index (χ3v) is 23.6. The van der Waals surface area contributed by atoms with Crippen LogP contribution in [0.25, 0.3) is 33.4 Å². The van der Waals surface area contributed by atoms with Crippen LogP contribution in [0.4, 0.5) is 34.1 Å². The summed E-state index contributed by atoms with van der Waals surface area (Å²) in [5.74, 6) is -2.58. The van der Waals surface area contributed by atoms with E-state index in [0.29, 0.717) is 55.8 Å². The second kappa shape index (κ2) is 56.1. The molecule has 0 bridgehead atoms. The van der Waals surface area contributed by atoms with Crippen LogP contribution in [-0.2, 0) is 38.2 Å². The van der Waals surface area contributed by atoms with E-state index in [-0.39, 0.29) is 50.0 Å². The van der Waals surface area contributed by atoms with Crippen molar-refractivity contribution in [3.05, 3.63) is 401 Å². The van der Waals surface area contributed by atoms with Gasteiger partial charge in [-0.3, -0.25) is 19.2 Å². The van der Waals surface area contributed by atoms with Gasteiger partial charge in [-0.1, -0.05) is 241 Å². The predicted molar refractivity (Wildman–Crippen MR) is 594 cm³/mol. The van der Waals surface area contributed by atoms with E-state index in [0.717, 1.165) is 146 Å². The van der Waals surface area contributed by atoms with Crippen molar-refractivity contribution in [3.8, 4) is 17.2 Å². The zero-order valence-corrected chi connectivity index (χ0v) is 88.5. The van der Waals surface area contributed by atoms with Crippen LogP contribution in [0.15, 0.2) is 335 Å². The minimum absolute atomic E-state index is 0. The summed E-state index contributed by atoms with van der Waals surface area (Å²) in [5.41, 5.74) is 25.3. The maximum absolute atomic E-state index is 13.3. The number of nitrogens with one attached hydrogen (secondary N) is 1. The van der Waals surface area contributed by atoms with E-state index >= 15 is 0 Å². The number of benzene rings is 12. The fourth-order valence-electron chi connectivity index (χ4n) is 15.6. The van der Waals surface area contributed by atoms with Crippen LogP contribution in [0.2, 0.25) is 0 Å². The summed E-state index contributed by atoms with van der Waals surface area (Å²) in [4.78, 5) is 84.7. The molecule has 12 rings (SSSR count). The van der Waals surface area contributed by atoms with Crippen LogP contribution in [-0.4, -0.2) is 161 Å². The third-order valence-electron chi connectivity index (χ3n) is 23.6. The molecule has 12 aromatic carbocycles. The number of hydrogen-bond donors (Lipinski definition) is 2. The van der Waals surface area contributed by atoms with Gasteiger partial charge in [0.05, 0.1) is 23.7 Å². The molecule has 2 N–H and O–H groups in total. The summed E-state index contributed by atoms with van der Waals surface area (Å²) >= 11 is 1.67. The van der Waals surface area contributed by atoms with E-state index in [2.05, 4.69) is 249 Å². The summed E-state index contributed by atoms with van der Waals surface area (Å²) < 4.78 is 33.0. The van der Waals surface area contributed by atoms with E-state index in [4.69, 9.17) is 28.0 Å². The number of rotatable bonds is 35. The van der Waals surface area contributed by atoms with Gasteiger partial charge in [0.25, 0.3) is 0 Å². The van der Waals surface area contributed by atoms with Crippen LogP contribution in [0.5, 0.6) is 17.2 Å². The Hall–Kier alpha value is -14.6. The number of esters is 5. The molecule has 19 nitrogen and oxygen atoms in total. The number of carbonyl (C=O) groups excluding carboxylic acids is 5. The minimum atomic E-state index is -0.849. The number of anilines is 6. The molecule has 0 aliphatic carbocycles. The van der Waals surface area contributed by atoms with Gasteiger partial charge in [-0.15, -0.1) is 0 Å². The number of carboxylic acids is 1. The van der Waals surface area contributed by atoms with Gasteiger partial charge in [0.1, 0.15) is 28.5 Å². The van der Waals surface area contributed by atoms with Gasteiger partial charge in [0, 0.05) is 139 Å². The van der Waals surface area contributed by atoms with E-state index in [1.165, 1.54) is 0 Å². The van der Waals surface area contributed by atoms with Gasteiger partial charge in [-0.25, -0.2) is 9.59 Å². The molecular formula is C122H141AlBN7O12. The van der Waals surface area contributed by atoms with Crippen LogP contribution in [0, 0.1) is 28.0 Å². The summed E-state index contributed by atoms with van der Waals surface area (Å²) in [6, 6.07) is 106. The number of carboxylic acid groups (broad SMARTS) is 1. The molecule has 0 fully saturated rings. The van der Waals surface area contributed by atoms with Crippen LogP contribution >= 0.6 is 0 Å². The Labute approximate surface area is 859 Å². The molecule has 0 saturated heterocycles. The average Bonchev–Trinajstić information content (AvgIpc) is 0.785. The van der Waals surface area contributed by atoms with Crippen molar-refractivity contribution in [2.45, 2.75) is 119 Å². The van der Waals surface area contributed by atoms with Crippen LogP contribution in [0.1, 0.15) is 175 Å². The van der Waals surface area contributed by atoms with Gasteiger partial charge in [-0.05, 0) is 289 Å². The van der Waals surface area contributed by atoms with Crippen molar-refractivity contribution >= 4 is 128 Å². The molecule has 742 valence electrons. The first-order chi connectivity index (χ1) is 67.7. The summed E-state index contributed by atoms with van der Waals surface area (Å²) in [7, 11) is 24.5. The van der Waals surface area contributed by atoms with E-state index < -0.39 is 29.1 Å². The van der Waals surface area contributed by atoms with Gasteiger partial charge >= 0.3 is 56.3 Å². The van der Waals surface area contributed by atoms with Gasteiger partial charge < -0.3 is 58.2 Å². The van der Waals surface area contributed by atoms with Crippen LogP contribution < -0.4 is 43.6 Å². The van der Waals surface area contributed by atoms with E-state index in [1.54, 1.807) is 23.0 Å². The van der Waals surface area contributed by atoms with Gasteiger partial charge in [-0.2, -0.15) is 0 Å². The first-order valence-electron chi connectivity index (χ1n) is 47.9. The standard InChI is InChI=1S/C43H52N2O4.C39H44N2O4.C33H32N2O2.C7H12O2.Al.B.HN/c1-10-31(17-16-30(2)41(46)49-43(3,4)5)42(47)48-38-28-22-35(23-29-38)39(32-14-12-11-13-15-32)40(33-18-24-36(25-19-33)44(6)7)34-20-26-37(27-21-34)45(8)9;1-7-28(14-13-27(2)38(42)43)39(44)45-35-25-19-32(20-26-35)36(29-11-9-8-10-12-29)37(30-15-21-33(22-16-30)40(3)4)31-17-23-34(24-18-31)41(5)6;1-6-31(36)37-30-22-16-27(17-23-30)32(24-10-8-7-9-11-24)33(25-12-18-28(19-13-25)34(2)3)26-14-20-29(21-15-26)35(4)5;1-5-6(8)9-7(2,3)4;;;/h11-15,18-31H,10,16-17H2,1-9H3;8-12,15-28H,7,13-14H2,1-6H3,(H,42,43);6-23H,1H2,2-5H3;5H,1H2,2-4H3;;;1H. The fraction of sp³-hybridized carbons (Fsp3) is 0.279. The molecule has 0 aliphatic rings. The second-order valence-corrected chi connectivity index (χ2v) is 37.8. The monoisotopic (exact) mass is 1930 g/mol. The summed E-state index contributed by atoms with van der Waals surface area (Å²) in [5, 5.41) is 9.22. The quantitative estimate of drug-likeness (QED) is 0.0124. The summed E-state index contributed by atoms with van der Waals surface area (Å²) in [6.45, 7) is 25.2. The van der Waals surface area contributed by atoms with Crippen molar-refractivity contribution in [3.63, 3.8) is 0 Å². The Morgan fingerprint density at radius 3 is 0.671 bits per heavy atom. The molecule has 0 saturated carbocycles. The molecule has 0 aliphatic heterocycles. The Balaban J connectivity index is 0.000000277. The van der Waals surface area contributed by atoms with Gasteiger partial charge in [0.15, 0.2) is 0 Å². The zero-order valence-electron chi connectivity index (χ0n) is 87.3. The van der Waals surface area contributed by atoms with Crippen LogP contribution in [0.3, 0.4) is 0 Å². The number of carbonyl (C=O) groups is 6. The number of aliphatic carboxylic acids is 1. The molecule has 143 heavy (non-hydrogen) atoms. The molecule has 21 heteroatoms. The number of nitrogens with zero attached hydrogens (tertiary/aromatic N) is 6. The molecule has 4 radical (unpaired) electrons. The van der Waals surface area contributed by atoms with Crippen molar-refractivity contribution in [2.24, 2.45) is 23.7 Å². The van der Waals surface area contributed by atoms with Gasteiger partial charge in [0.2, 0.25) is 0 Å². The van der Waals surface area contributed by atoms with Crippen molar-refractivity contribution < 1.29 is 57.6 Å². The van der Waals surface area contributed by atoms with Crippen molar-refractivity contribution in [2.75, 3.05) is 114 Å². The second-order valence-electron chi connectivity index (χ2n) is 37.8. The third kappa shape index (κ3) is 34.9. The van der Waals surface area contributed by atoms with E-state index in [1.807, 2.05) is 250 Å². The fourth-order valence-corrected chi connectivity index (χ4v) is 15.6. The molecule has 4 atom stereocenters. The SMILES string of the molecule is C=CC(=O)OC(C)(C)C.C=CC(=O)Oc1ccc(C(=C(c2ccc(N(C)C)cc2)c2ccc(N(C)C)cc2)c2ccccc2)cc1.CCC(CCC(C)C(=O)O)C(=O)Oc1ccc(C(=C(c2ccc(N(C)C)cc2)c2ccc(N(C)C)cc2)c2ccccc2)cc1.CCC(CCC(C)C(=O)OC(C)(C)C)C(=O)Oc1ccc(C(=C(c2ccc(N(C)C)cc2)c2ccc(N(C)C)cc2)c2ccccc2)cc1.[B].[NH]=[Al]. The normalized spacial score (nSPS) is 11.4. The first kappa shape index (κ1) is 115.